The Kier molecular flexibility index (Phi) is 2.34. The molecule has 0 spiro atoms. The number of aliphatic hydroxyl groups is 1. The number of carboxylic acid groups (broad SMARTS) is 1. The average molecular weight is 159 g/mol. The molecule has 0 radical (unpaired) electrons. The number of rotatable bonds is 1. The van der Waals surface area contributed by atoms with Gasteiger partial charge >= 0.3 is 6.09 Å². The Balaban J connectivity index is 2.35. The molecule has 1 aliphatic rings. The molecule has 0 bridgehead atoms. The van der Waals surface area contributed by atoms with Crippen molar-refractivity contribution in [3.63, 3.8) is 0 Å². The van der Waals surface area contributed by atoms with Gasteiger partial charge in [0.2, 0.25) is 0 Å². The highest BCUT2D eigenvalue weighted by molar-refractivity contribution is 5.64. The molecule has 1 fully saturated rings. The van der Waals surface area contributed by atoms with Crippen LogP contribution in [0.5, 0.6) is 0 Å². The number of aliphatic hydroxyl groups excluding tert-OH is 1. The molecule has 11 heavy (non-hydrogen) atoms. The fraction of sp³-hybridized carbons (Fsp3) is 0.857. The van der Waals surface area contributed by atoms with E-state index in [2.05, 4.69) is 5.32 Å². The molecule has 1 saturated carbocycles. The lowest BCUT2D eigenvalue weighted by Crippen LogP contribution is -2.31. The van der Waals surface area contributed by atoms with Crippen LogP contribution in [0, 0.1) is 5.92 Å². The molecule has 0 aromatic heterocycles. The quantitative estimate of drug-likeness (QED) is 0.519. The maximum atomic E-state index is 10.2. The van der Waals surface area contributed by atoms with Crippen LogP contribution in [-0.2, 0) is 0 Å². The largest absolute Gasteiger partial charge is 0.465 e. The summed E-state index contributed by atoms with van der Waals surface area (Å²) in [5, 5.41) is 20.0. The Morgan fingerprint density at radius 3 is 2.55 bits per heavy atom. The first-order valence-corrected chi connectivity index (χ1v) is 3.77. The van der Waals surface area contributed by atoms with Crippen molar-refractivity contribution in [2.45, 2.75) is 31.9 Å². The second-order valence-corrected chi connectivity index (χ2v) is 3.16. The topological polar surface area (TPSA) is 69.6 Å². The van der Waals surface area contributed by atoms with E-state index in [1.807, 2.05) is 6.92 Å². The van der Waals surface area contributed by atoms with E-state index in [1.54, 1.807) is 0 Å². The molecule has 0 aromatic carbocycles. The summed E-state index contributed by atoms with van der Waals surface area (Å²) < 4.78 is 0. The van der Waals surface area contributed by atoms with Crippen LogP contribution in [-0.4, -0.2) is 28.5 Å². The minimum absolute atomic E-state index is 0.0579. The Bertz CT molecular complexity index is 150. The van der Waals surface area contributed by atoms with Crippen LogP contribution >= 0.6 is 0 Å². The molecule has 3 atom stereocenters. The first-order valence-electron chi connectivity index (χ1n) is 3.77. The molecule has 1 amide bonds. The summed E-state index contributed by atoms with van der Waals surface area (Å²) in [4.78, 5) is 10.2. The lowest BCUT2D eigenvalue weighted by molar-refractivity contribution is 0.140. The highest BCUT2D eigenvalue weighted by atomic mass is 16.4. The summed E-state index contributed by atoms with van der Waals surface area (Å²) in [5.41, 5.74) is 0. The fourth-order valence-corrected chi connectivity index (χ4v) is 1.52. The number of carbonyl (C=O) groups is 1. The van der Waals surface area contributed by atoms with E-state index >= 15 is 0 Å². The van der Waals surface area contributed by atoms with Crippen molar-refractivity contribution < 1.29 is 15.0 Å². The van der Waals surface area contributed by atoms with Crippen molar-refractivity contribution in [2.75, 3.05) is 0 Å². The van der Waals surface area contributed by atoms with Crippen LogP contribution in [0.15, 0.2) is 0 Å². The molecule has 0 aromatic rings. The highest BCUT2D eigenvalue weighted by Gasteiger charge is 2.30. The van der Waals surface area contributed by atoms with Gasteiger partial charge in [-0.25, -0.2) is 4.79 Å². The van der Waals surface area contributed by atoms with Crippen molar-refractivity contribution in [1.29, 1.82) is 0 Å². The second kappa shape index (κ2) is 3.09. The van der Waals surface area contributed by atoms with Crippen LogP contribution in [0.2, 0.25) is 0 Å². The number of amides is 1. The molecule has 4 heteroatoms. The molecular formula is C7H13NO3. The Morgan fingerprint density at radius 2 is 2.18 bits per heavy atom. The normalized spacial score (nSPS) is 37.1. The number of hydrogen-bond acceptors (Lipinski definition) is 2. The number of hydrogen-bond donors (Lipinski definition) is 3. The minimum Gasteiger partial charge on any atom is -0.465 e. The molecule has 0 heterocycles. The van der Waals surface area contributed by atoms with E-state index in [0.717, 1.165) is 6.42 Å². The Hall–Kier alpha value is -0.770. The molecule has 0 saturated heterocycles. The third-order valence-electron chi connectivity index (χ3n) is 2.17. The van der Waals surface area contributed by atoms with Gasteiger partial charge in [-0.05, 0) is 18.8 Å². The van der Waals surface area contributed by atoms with E-state index in [4.69, 9.17) is 5.11 Å². The summed E-state index contributed by atoms with van der Waals surface area (Å²) >= 11 is 0. The van der Waals surface area contributed by atoms with Crippen molar-refractivity contribution in [3.05, 3.63) is 0 Å². The molecule has 4 nitrogen and oxygen atoms in total. The molecule has 1 rings (SSSR count). The molecule has 0 unspecified atom stereocenters. The summed E-state index contributed by atoms with van der Waals surface area (Å²) in [5.74, 6) is 0.215. The first kappa shape index (κ1) is 8.33. The molecule has 3 N–H and O–H groups in total. The fourth-order valence-electron chi connectivity index (χ4n) is 1.52. The molecule has 64 valence electrons. The van der Waals surface area contributed by atoms with Crippen molar-refractivity contribution >= 4 is 6.09 Å². The van der Waals surface area contributed by atoms with Crippen LogP contribution in [0.3, 0.4) is 0 Å². The van der Waals surface area contributed by atoms with Gasteiger partial charge in [-0.1, -0.05) is 6.92 Å². The van der Waals surface area contributed by atoms with Crippen molar-refractivity contribution in [1.82, 2.24) is 5.32 Å². The van der Waals surface area contributed by atoms with Gasteiger partial charge in [-0.3, -0.25) is 0 Å². The van der Waals surface area contributed by atoms with Crippen LogP contribution < -0.4 is 5.32 Å². The molecular weight excluding hydrogens is 146 g/mol. The van der Waals surface area contributed by atoms with Crippen molar-refractivity contribution in [2.24, 2.45) is 5.92 Å². The van der Waals surface area contributed by atoms with Crippen LogP contribution in [0.4, 0.5) is 4.79 Å². The second-order valence-electron chi connectivity index (χ2n) is 3.16. The Morgan fingerprint density at radius 1 is 1.55 bits per heavy atom. The summed E-state index contributed by atoms with van der Waals surface area (Å²) in [6.45, 7) is 1.92. The maximum Gasteiger partial charge on any atom is 0.404 e. The smallest absolute Gasteiger partial charge is 0.404 e. The molecule has 1 aliphatic carbocycles. The van der Waals surface area contributed by atoms with Gasteiger partial charge < -0.3 is 15.5 Å². The predicted octanol–water partition coefficient (Wildman–Crippen LogP) is 0.413. The lowest BCUT2D eigenvalue weighted by Gasteiger charge is -2.07. The summed E-state index contributed by atoms with van der Waals surface area (Å²) in [7, 11) is 0. The van der Waals surface area contributed by atoms with Gasteiger partial charge in [0.1, 0.15) is 0 Å². The van der Waals surface area contributed by atoms with Crippen LogP contribution in [0.25, 0.3) is 0 Å². The van der Waals surface area contributed by atoms with E-state index in [9.17, 15) is 9.90 Å². The summed E-state index contributed by atoms with van der Waals surface area (Å²) in [6.07, 6.45) is -0.0517. The highest BCUT2D eigenvalue weighted by Crippen LogP contribution is 2.25. The van der Waals surface area contributed by atoms with Gasteiger partial charge in [-0.2, -0.15) is 0 Å². The van der Waals surface area contributed by atoms with E-state index in [0.29, 0.717) is 6.42 Å². The molecule has 0 aliphatic heterocycles. The van der Waals surface area contributed by atoms with Gasteiger partial charge in [0.05, 0.1) is 6.10 Å². The minimum atomic E-state index is -1.00. The van der Waals surface area contributed by atoms with E-state index < -0.39 is 6.09 Å². The zero-order valence-electron chi connectivity index (χ0n) is 6.45. The van der Waals surface area contributed by atoms with Gasteiger partial charge in [0, 0.05) is 6.04 Å². The lowest BCUT2D eigenvalue weighted by atomic mass is 10.1. The Labute approximate surface area is 65.2 Å². The summed E-state index contributed by atoms with van der Waals surface area (Å²) in [6, 6.07) is -0.0579. The SMILES string of the molecule is C[C@H]1C[C@H](NC(=O)O)C[C@@H]1O. The third-order valence-corrected chi connectivity index (χ3v) is 2.17. The zero-order valence-corrected chi connectivity index (χ0v) is 6.45. The van der Waals surface area contributed by atoms with Gasteiger partial charge in [0.25, 0.3) is 0 Å². The van der Waals surface area contributed by atoms with Gasteiger partial charge in [-0.15, -0.1) is 0 Å². The van der Waals surface area contributed by atoms with Crippen LogP contribution in [0.1, 0.15) is 19.8 Å². The van der Waals surface area contributed by atoms with E-state index in [1.165, 1.54) is 0 Å². The number of nitrogens with one attached hydrogen (secondary N) is 1. The third kappa shape index (κ3) is 2.08. The van der Waals surface area contributed by atoms with Crippen molar-refractivity contribution in [3.8, 4) is 0 Å². The standard InChI is InChI=1S/C7H13NO3/c1-4-2-5(3-6(4)9)8-7(10)11/h4-6,8-9H,2-3H2,1H3,(H,10,11)/t4-,5-,6-/m0/s1. The average Bonchev–Trinajstić information content (AvgIpc) is 2.10. The maximum absolute atomic E-state index is 10.2. The van der Waals surface area contributed by atoms with E-state index in [-0.39, 0.29) is 18.1 Å². The monoisotopic (exact) mass is 159 g/mol. The first-order chi connectivity index (χ1) is 5.09. The van der Waals surface area contributed by atoms with Gasteiger partial charge in [0.15, 0.2) is 0 Å². The zero-order chi connectivity index (χ0) is 8.43. The predicted molar refractivity (Wildman–Crippen MR) is 39.4 cm³/mol.